The minimum Gasteiger partial charge on any atom is -0.311 e. The predicted octanol–water partition coefficient (Wildman–Crippen LogP) is 15.1. The Morgan fingerprint density at radius 1 is 0.371 bits per heavy atom. The highest BCUT2D eigenvalue weighted by molar-refractivity contribution is 7.00. The van der Waals surface area contributed by atoms with Crippen LogP contribution < -0.4 is 36.3 Å². The lowest BCUT2D eigenvalue weighted by Crippen LogP contribution is -2.61. The highest BCUT2D eigenvalue weighted by Gasteiger charge is 2.45. The normalized spacial score (nSPS) is 13.1. The summed E-state index contributed by atoms with van der Waals surface area (Å²) in [5.41, 5.74) is 21.6. The Morgan fingerprint density at radius 2 is 0.771 bits per heavy atom. The van der Waals surface area contributed by atoms with E-state index >= 15 is 0 Å². The van der Waals surface area contributed by atoms with E-state index in [-0.39, 0.29) is 17.5 Å². The third kappa shape index (κ3) is 7.59. The molecule has 0 bridgehead atoms. The number of benzene rings is 9. The highest BCUT2D eigenvalue weighted by atomic mass is 28.3. The molecule has 9 aromatic carbocycles. The van der Waals surface area contributed by atoms with Crippen LogP contribution >= 0.6 is 0 Å². The maximum absolute atomic E-state index is 2.58. The minimum absolute atomic E-state index is 0.0798. The molecule has 70 heavy (non-hydrogen) atoms. The number of para-hydroxylation sites is 3. The van der Waals surface area contributed by atoms with E-state index in [9.17, 15) is 0 Å². The van der Waals surface area contributed by atoms with Gasteiger partial charge in [0.05, 0.1) is 13.8 Å². The monoisotopic (exact) mass is 923 g/mol. The topological polar surface area (TPSA) is 9.72 Å². The Balaban J connectivity index is 1.26. The Bertz CT molecular complexity index is 3220. The van der Waals surface area contributed by atoms with E-state index < -0.39 is 8.07 Å². The van der Waals surface area contributed by atoms with Crippen LogP contribution in [-0.2, 0) is 10.8 Å². The summed E-state index contributed by atoms with van der Waals surface area (Å²) in [6.07, 6.45) is 0. The number of hydrogen-bond acceptors (Lipinski definition) is 3. The zero-order valence-electron chi connectivity index (χ0n) is 42.1. The first-order valence-corrected chi connectivity index (χ1v) is 28.5. The second-order valence-corrected chi connectivity index (χ2v) is 26.6. The molecule has 2 heterocycles. The van der Waals surface area contributed by atoms with E-state index in [1.165, 1.54) is 89.1 Å². The molecule has 5 heteroatoms. The van der Waals surface area contributed by atoms with E-state index in [1.54, 1.807) is 0 Å². The van der Waals surface area contributed by atoms with Crippen LogP contribution in [0.15, 0.2) is 212 Å². The van der Waals surface area contributed by atoms with Crippen molar-refractivity contribution >= 4 is 87.5 Å². The number of anilines is 9. The summed E-state index contributed by atoms with van der Waals surface area (Å²) in [6.45, 7) is 21.2. The molecule has 9 aromatic rings. The zero-order chi connectivity index (χ0) is 48.5. The van der Waals surface area contributed by atoms with Crippen molar-refractivity contribution in [3.63, 3.8) is 0 Å². The third-order valence-electron chi connectivity index (χ3n) is 15.5. The lowest BCUT2D eigenvalue weighted by atomic mass is 9.33. The van der Waals surface area contributed by atoms with Crippen molar-refractivity contribution in [2.45, 2.75) is 72.0 Å². The standard InChI is InChI=1S/C65H62BN3Si/c1-45-23-19-21-31-57(45)68-59-39-33-49(64(3,4)47-25-13-10-14-26-47)41-55(59)66-56-42-50(65(5,6)48-27-15-11-16-28-48)34-40-60(56)69(58-32-22-20-24-46(58)2)62-44-53(43-61(68)63(62)66)67(51-29-17-12-18-30-51)52-35-37-54(38-36-52)70(7,8)9/h10-44H,1-9H3. The van der Waals surface area contributed by atoms with Gasteiger partial charge in [-0.3, -0.25) is 0 Å². The molecule has 3 nitrogen and oxygen atoms in total. The van der Waals surface area contributed by atoms with Gasteiger partial charge in [0.15, 0.2) is 0 Å². The SMILES string of the molecule is Cc1ccccc1N1c2ccc(C(C)(C)c3ccccc3)cc2B2c3cc(C(C)(C)c4ccccc4)ccc3N(c3ccccc3C)c3cc(N(c4ccccc4)c4ccc([Si](C)(C)C)cc4)cc1c32. The number of hydrogen-bond donors (Lipinski definition) is 0. The summed E-state index contributed by atoms with van der Waals surface area (Å²) in [6, 6.07) is 79.9. The first-order valence-electron chi connectivity index (χ1n) is 25.0. The molecule has 0 aromatic heterocycles. The smallest absolute Gasteiger partial charge is 0.252 e. The van der Waals surface area contributed by atoms with Gasteiger partial charge in [-0.25, -0.2) is 0 Å². The van der Waals surface area contributed by atoms with Crippen LogP contribution in [0.5, 0.6) is 0 Å². The van der Waals surface area contributed by atoms with Gasteiger partial charge in [-0.05, 0) is 124 Å². The second kappa shape index (κ2) is 17.3. The van der Waals surface area contributed by atoms with Crippen molar-refractivity contribution < 1.29 is 0 Å². The molecule has 0 aliphatic carbocycles. The van der Waals surface area contributed by atoms with Crippen LogP contribution in [-0.4, -0.2) is 14.8 Å². The summed E-state index contributed by atoms with van der Waals surface area (Å²) >= 11 is 0. The van der Waals surface area contributed by atoms with Crippen LogP contribution in [0.4, 0.5) is 51.2 Å². The molecule has 0 saturated carbocycles. The molecule has 0 radical (unpaired) electrons. The molecule has 11 rings (SSSR count). The molecule has 2 aliphatic rings. The van der Waals surface area contributed by atoms with E-state index in [0.717, 1.165) is 17.1 Å². The number of fused-ring (bicyclic) bond motifs is 4. The maximum Gasteiger partial charge on any atom is 0.252 e. The Hall–Kier alpha value is -7.34. The molecule has 0 atom stereocenters. The van der Waals surface area contributed by atoms with Crippen molar-refractivity contribution in [1.82, 2.24) is 0 Å². The van der Waals surface area contributed by atoms with E-state index in [2.05, 4.69) is 288 Å². The average molecular weight is 924 g/mol. The molecular weight excluding hydrogens is 862 g/mol. The van der Waals surface area contributed by atoms with Gasteiger partial charge in [-0.2, -0.15) is 0 Å². The lowest BCUT2D eigenvalue weighted by molar-refractivity contribution is 0.641. The highest BCUT2D eigenvalue weighted by Crippen LogP contribution is 2.50. The summed E-state index contributed by atoms with van der Waals surface area (Å²) in [5.74, 6) is 0. The first-order chi connectivity index (χ1) is 33.7. The van der Waals surface area contributed by atoms with Gasteiger partial charge >= 0.3 is 0 Å². The van der Waals surface area contributed by atoms with Crippen LogP contribution in [0.1, 0.15) is 61.1 Å². The molecule has 0 saturated heterocycles. The Morgan fingerprint density at radius 3 is 1.20 bits per heavy atom. The summed E-state index contributed by atoms with van der Waals surface area (Å²) in [7, 11) is -1.56. The molecule has 0 unspecified atom stereocenters. The van der Waals surface area contributed by atoms with E-state index in [0.29, 0.717) is 0 Å². The second-order valence-electron chi connectivity index (χ2n) is 21.6. The van der Waals surface area contributed by atoms with Crippen LogP contribution in [0.3, 0.4) is 0 Å². The van der Waals surface area contributed by atoms with Gasteiger partial charge in [0.25, 0.3) is 6.71 Å². The van der Waals surface area contributed by atoms with Crippen molar-refractivity contribution in [2.24, 2.45) is 0 Å². The van der Waals surface area contributed by atoms with Crippen LogP contribution in [0.2, 0.25) is 19.6 Å². The van der Waals surface area contributed by atoms with Gasteiger partial charge in [-0.1, -0.05) is 204 Å². The number of rotatable bonds is 10. The maximum atomic E-state index is 2.58. The molecule has 2 aliphatic heterocycles. The third-order valence-corrected chi connectivity index (χ3v) is 17.5. The minimum atomic E-state index is -1.56. The van der Waals surface area contributed by atoms with Crippen molar-refractivity contribution in [3.8, 4) is 0 Å². The predicted molar refractivity (Wildman–Crippen MR) is 305 cm³/mol. The summed E-state index contributed by atoms with van der Waals surface area (Å²) in [5, 5.41) is 1.45. The Labute approximate surface area is 417 Å². The van der Waals surface area contributed by atoms with Crippen LogP contribution in [0, 0.1) is 13.8 Å². The van der Waals surface area contributed by atoms with Crippen molar-refractivity contribution in [1.29, 1.82) is 0 Å². The molecule has 0 fully saturated rings. The zero-order valence-corrected chi connectivity index (χ0v) is 43.1. The van der Waals surface area contributed by atoms with E-state index in [1.807, 2.05) is 0 Å². The van der Waals surface area contributed by atoms with Gasteiger partial charge in [0, 0.05) is 56.3 Å². The molecule has 0 N–H and O–H groups in total. The Kier molecular flexibility index (Phi) is 11.1. The van der Waals surface area contributed by atoms with E-state index in [4.69, 9.17) is 0 Å². The molecule has 0 amide bonds. The fourth-order valence-corrected chi connectivity index (χ4v) is 12.4. The lowest BCUT2D eigenvalue weighted by Gasteiger charge is -2.46. The molecule has 344 valence electrons. The first kappa shape index (κ1) is 45.1. The number of aryl methyl sites for hydroxylation is 2. The van der Waals surface area contributed by atoms with Crippen LogP contribution in [0.25, 0.3) is 0 Å². The molecule has 0 spiro atoms. The molecular formula is C65H62BN3Si. The summed E-state index contributed by atoms with van der Waals surface area (Å²) in [4.78, 5) is 7.63. The van der Waals surface area contributed by atoms with Gasteiger partial charge in [0.1, 0.15) is 0 Å². The fraction of sp³-hybridized carbons (Fsp3) is 0.169. The summed E-state index contributed by atoms with van der Waals surface area (Å²) < 4.78 is 0. The van der Waals surface area contributed by atoms with Gasteiger partial charge in [0.2, 0.25) is 0 Å². The largest absolute Gasteiger partial charge is 0.311 e. The van der Waals surface area contributed by atoms with Gasteiger partial charge < -0.3 is 14.7 Å². The fourth-order valence-electron chi connectivity index (χ4n) is 11.2. The number of nitrogens with zero attached hydrogens (tertiary/aromatic N) is 3. The van der Waals surface area contributed by atoms with Crippen molar-refractivity contribution in [2.75, 3.05) is 14.7 Å². The van der Waals surface area contributed by atoms with Crippen molar-refractivity contribution in [3.05, 3.63) is 246 Å². The van der Waals surface area contributed by atoms with Gasteiger partial charge in [-0.15, -0.1) is 0 Å². The average Bonchev–Trinajstić information content (AvgIpc) is 3.37. The quantitative estimate of drug-likeness (QED) is 0.127.